The summed E-state index contributed by atoms with van der Waals surface area (Å²) in [7, 11) is 0. The molecule has 0 saturated carbocycles. The molecular weight excluding hydrogens is 244 g/mol. The van der Waals surface area contributed by atoms with Crippen molar-refractivity contribution in [3.63, 3.8) is 0 Å². The van der Waals surface area contributed by atoms with Gasteiger partial charge in [-0.2, -0.15) is 0 Å². The minimum absolute atomic E-state index is 0.109. The zero-order valence-corrected chi connectivity index (χ0v) is 10.3. The first-order chi connectivity index (χ1) is 9.06. The van der Waals surface area contributed by atoms with E-state index in [0.29, 0.717) is 11.3 Å². The summed E-state index contributed by atoms with van der Waals surface area (Å²) in [6.45, 7) is 1.89. The molecule has 2 N–H and O–H groups in total. The second kappa shape index (κ2) is 5.30. The fourth-order valence-corrected chi connectivity index (χ4v) is 1.61. The molecule has 5 heteroatoms. The number of carboxylic acids is 1. The monoisotopic (exact) mass is 256 g/mol. The molecule has 5 nitrogen and oxygen atoms in total. The Hall–Kier alpha value is -2.69. The number of aromatic nitrogens is 1. The van der Waals surface area contributed by atoms with Crippen molar-refractivity contribution in [2.24, 2.45) is 0 Å². The zero-order chi connectivity index (χ0) is 13.8. The molecular formula is C14H12N2O3. The number of carboxylic acid groups (broad SMARTS) is 1. The zero-order valence-electron chi connectivity index (χ0n) is 10.3. The molecule has 2 aromatic rings. The number of aromatic carboxylic acids is 1. The number of carbonyl (C=O) groups excluding carboxylic acids is 1. The van der Waals surface area contributed by atoms with Gasteiger partial charge in [-0.25, -0.2) is 9.78 Å². The van der Waals surface area contributed by atoms with Gasteiger partial charge in [-0.05, 0) is 31.2 Å². The lowest BCUT2D eigenvalue weighted by Gasteiger charge is -2.06. The van der Waals surface area contributed by atoms with Crippen molar-refractivity contribution in [1.82, 2.24) is 4.98 Å². The van der Waals surface area contributed by atoms with Crippen molar-refractivity contribution in [2.75, 3.05) is 5.32 Å². The highest BCUT2D eigenvalue weighted by Gasteiger charge is 2.09. The summed E-state index contributed by atoms with van der Waals surface area (Å²) in [5.41, 5.74) is 1.79. The molecule has 0 aliphatic rings. The van der Waals surface area contributed by atoms with Crippen LogP contribution in [0.3, 0.4) is 0 Å². The third kappa shape index (κ3) is 3.16. The van der Waals surface area contributed by atoms with Gasteiger partial charge in [0.2, 0.25) is 0 Å². The Morgan fingerprint density at radius 2 is 2.00 bits per heavy atom. The normalized spacial score (nSPS) is 9.95. The second-order valence-corrected chi connectivity index (χ2v) is 4.06. The van der Waals surface area contributed by atoms with Crippen molar-refractivity contribution < 1.29 is 14.7 Å². The van der Waals surface area contributed by atoms with Crippen LogP contribution >= 0.6 is 0 Å². The van der Waals surface area contributed by atoms with Gasteiger partial charge >= 0.3 is 5.97 Å². The maximum Gasteiger partial charge on any atom is 0.354 e. The third-order valence-corrected chi connectivity index (χ3v) is 2.52. The lowest BCUT2D eigenvalue weighted by Crippen LogP contribution is -2.12. The predicted octanol–water partition coefficient (Wildman–Crippen LogP) is 2.34. The van der Waals surface area contributed by atoms with E-state index in [1.807, 2.05) is 13.0 Å². The van der Waals surface area contributed by atoms with Gasteiger partial charge in [0.25, 0.3) is 5.91 Å². The molecule has 1 aromatic heterocycles. The van der Waals surface area contributed by atoms with E-state index in [2.05, 4.69) is 10.3 Å². The first-order valence-corrected chi connectivity index (χ1v) is 5.63. The number of nitrogens with zero attached hydrogens (tertiary/aromatic N) is 1. The minimum atomic E-state index is -1.13. The first kappa shape index (κ1) is 12.8. The number of hydrogen-bond acceptors (Lipinski definition) is 3. The van der Waals surface area contributed by atoms with Crippen LogP contribution in [0.4, 0.5) is 5.69 Å². The first-order valence-electron chi connectivity index (χ1n) is 5.63. The molecule has 19 heavy (non-hydrogen) atoms. The van der Waals surface area contributed by atoms with Gasteiger partial charge in [-0.15, -0.1) is 0 Å². The van der Waals surface area contributed by atoms with Crippen molar-refractivity contribution in [2.45, 2.75) is 6.92 Å². The van der Waals surface area contributed by atoms with E-state index < -0.39 is 5.97 Å². The molecule has 0 bridgehead atoms. The number of nitrogens with one attached hydrogen (secondary N) is 1. The Kier molecular flexibility index (Phi) is 3.56. The van der Waals surface area contributed by atoms with E-state index in [9.17, 15) is 9.59 Å². The minimum Gasteiger partial charge on any atom is -0.477 e. The molecule has 0 fully saturated rings. The van der Waals surface area contributed by atoms with Crippen LogP contribution in [0.5, 0.6) is 0 Å². The van der Waals surface area contributed by atoms with Gasteiger partial charge in [0.05, 0.1) is 0 Å². The molecule has 0 saturated heterocycles. The number of benzene rings is 1. The molecule has 0 atom stereocenters. The van der Waals surface area contributed by atoms with Gasteiger partial charge in [0, 0.05) is 17.4 Å². The Bertz CT molecular complexity index is 638. The van der Waals surface area contributed by atoms with Crippen LogP contribution in [0.2, 0.25) is 0 Å². The fraction of sp³-hybridized carbons (Fsp3) is 0.0714. The van der Waals surface area contributed by atoms with E-state index in [4.69, 9.17) is 5.11 Å². The Morgan fingerprint density at radius 1 is 1.21 bits per heavy atom. The summed E-state index contributed by atoms with van der Waals surface area (Å²) in [6.07, 6.45) is 1.34. The lowest BCUT2D eigenvalue weighted by molar-refractivity contribution is 0.0690. The standard InChI is InChI=1S/C14H12N2O3/c1-9-3-2-4-10(7-9)13(17)16-11-5-6-15-12(8-11)14(18)19/h2-8H,1H3,(H,18,19)(H,15,16,17). The van der Waals surface area contributed by atoms with Crippen LogP contribution in [0, 0.1) is 6.92 Å². The smallest absolute Gasteiger partial charge is 0.354 e. The summed E-state index contributed by atoms with van der Waals surface area (Å²) >= 11 is 0. The highest BCUT2D eigenvalue weighted by molar-refractivity contribution is 6.04. The molecule has 0 spiro atoms. The van der Waals surface area contributed by atoms with E-state index in [-0.39, 0.29) is 11.6 Å². The molecule has 0 aliphatic heterocycles. The summed E-state index contributed by atoms with van der Waals surface area (Å²) in [6, 6.07) is 10.00. The quantitative estimate of drug-likeness (QED) is 0.883. The van der Waals surface area contributed by atoms with Gasteiger partial charge in [-0.1, -0.05) is 17.7 Å². The highest BCUT2D eigenvalue weighted by atomic mass is 16.4. The van der Waals surface area contributed by atoms with Gasteiger partial charge in [-0.3, -0.25) is 4.79 Å². The van der Waals surface area contributed by atoms with Crippen LogP contribution in [0.1, 0.15) is 26.4 Å². The topological polar surface area (TPSA) is 79.3 Å². The van der Waals surface area contributed by atoms with Crippen molar-refractivity contribution in [3.05, 3.63) is 59.4 Å². The third-order valence-electron chi connectivity index (χ3n) is 2.52. The van der Waals surface area contributed by atoms with Crippen LogP contribution in [-0.4, -0.2) is 22.0 Å². The number of rotatable bonds is 3. The number of hydrogen-bond donors (Lipinski definition) is 2. The average Bonchev–Trinajstić information content (AvgIpc) is 2.39. The van der Waals surface area contributed by atoms with Crippen LogP contribution < -0.4 is 5.32 Å². The highest BCUT2D eigenvalue weighted by Crippen LogP contribution is 2.11. The summed E-state index contributed by atoms with van der Waals surface area (Å²) in [5, 5.41) is 11.5. The molecule has 0 unspecified atom stereocenters. The van der Waals surface area contributed by atoms with Gasteiger partial charge < -0.3 is 10.4 Å². The maximum absolute atomic E-state index is 12.0. The fourth-order valence-electron chi connectivity index (χ4n) is 1.61. The molecule has 0 radical (unpaired) electrons. The Labute approximate surface area is 109 Å². The molecule has 2 rings (SSSR count). The second-order valence-electron chi connectivity index (χ2n) is 4.06. The van der Waals surface area contributed by atoms with Crippen LogP contribution in [-0.2, 0) is 0 Å². The van der Waals surface area contributed by atoms with Crippen molar-refractivity contribution >= 4 is 17.6 Å². The van der Waals surface area contributed by atoms with Crippen molar-refractivity contribution in [3.8, 4) is 0 Å². The molecule has 0 aliphatic carbocycles. The van der Waals surface area contributed by atoms with Gasteiger partial charge in [0.15, 0.2) is 0 Å². The summed E-state index contributed by atoms with van der Waals surface area (Å²) in [4.78, 5) is 26.4. The van der Waals surface area contributed by atoms with E-state index in [1.54, 1.807) is 24.3 Å². The molecule has 1 amide bonds. The van der Waals surface area contributed by atoms with Crippen LogP contribution in [0.15, 0.2) is 42.6 Å². The SMILES string of the molecule is Cc1cccc(C(=O)Nc2ccnc(C(=O)O)c2)c1. The van der Waals surface area contributed by atoms with Crippen LogP contribution in [0.25, 0.3) is 0 Å². The number of pyridine rings is 1. The maximum atomic E-state index is 12.0. The number of carbonyl (C=O) groups is 2. The van der Waals surface area contributed by atoms with E-state index >= 15 is 0 Å². The van der Waals surface area contributed by atoms with Gasteiger partial charge in [0.1, 0.15) is 5.69 Å². The molecule has 1 heterocycles. The number of anilines is 1. The summed E-state index contributed by atoms with van der Waals surface area (Å²) < 4.78 is 0. The Balaban J connectivity index is 2.19. The average molecular weight is 256 g/mol. The molecule has 1 aromatic carbocycles. The largest absolute Gasteiger partial charge is 0.477 e. The molecule has 96 valence electrons. The van der Waals surface area contributed by atoms with Crippen molar-refractivity contribution in [1.29, 1.82) is 0 Å². The van der Waals surface area contributed by atoms with E-state index in [0.717, 1.165) is 5.56 Å². The number of amides is 1. The Morgan fingerprint density at radius 3 is 2.68 bits per heavy atom. The lowest BCUT2D eigenvalue weighted by atomic mass is 10.1. The predicted molar refractivity (Wildman–Crippen MR) is 70.3 cm³/mol. The van der Waals surface area contributed by atoms with E-state index in [1.165, 1.54) is 12.3 Å². The summed E-state index contributed by atoms with van der Waals surface area (Å²) in [5.74, 6) is -1.42. The number of aryl methyl sites for hydroxylation is 1.